The Kier molecular flexibility index (Phi) is 5.61. The Balaban J connectivity index is 1.60. The first kappa shape index (κ1) is 13.5. The van der Waals surface area contributed by atoms with Crippen LogP contribution in [0.25, 0.3) is 0 Å². The van der Waals surface area contributed by atoms with Crippen LogP contribution < -0.4 is 0 Å². The van der Waals surface area contributed by atoms with E-state index in [4.69, 9.17) is 19.3 Å². The normalized spacial score (nSPS) is 24.1. The average molecular weight is 252 g/mol. The largest absolute Gasteiger partial charge is 0.394 e. The fourth-order valence-corrected chi connectivity index (χ4v) is 1.88. The van der Waals surface area contributed by atoms with Crippen LogP contribution in [-0.4, -0.2) is 37.3 Å². The van der Waals surface area contributed by atoms with Gasteiger partial charge in [-0.2, -0.15) is 0 Å². The molecule has 0 amide bonds. The molecule has 1 saturated heterocycles. The lowest BCUT2D eigenvalue weighted by atomic mass is 10.2. The predicted molar refractivity (Wildman–Crippen MR) is 67.0 cm³/mol. The first-order valence-corrected chi connectivity index (χ1v) is 6.38. The van der Waals surface area contributed by atoms with Gasteiger partial charge in [0.2, 0.25) is 0 Å². The van der Waals surface area contributed by atoms with Crippen LogP contribution in [0.2, 0.25) is 0 Å². The van der Waals surface area contributed by atoms with Gasteiger partial charge in [0.15, 0.2) is 6.29 Å². The number of rotatable bonds is 6. The van der Waals surface area contributed by atoms with Crippen LogP contribution in [-0.2, 0) is 20.8 Å². The Bertz CT molecular complexity index is 328. The Labute approximate surface area is 107 Å². The molecule has 0 bridgehead atoms. The minimum Gasteiger partial charge on any atom is -0.394 e. The van der Waals surface area contributed by atoms with Crippen LogP contribution in [0.4, 0.5) is 0 Å². The highest BCUT2D eigenvalue weighted by Crippen LogP contribution is 2.14. The minimum absolute atomic E-state index is 0.0603. The summed E-state index contributed by atoms with van der Waals surface area (Å²) in [5.41, 5.74) is 1.16. The van der Waals surface area contributed by atoms with E-state index in [-0.39, 0.29) is 19.0 Å². The summed E-state index contributed by atoms with van der Waals surface area (Å²) in [6.07, 6.45) is 1.13. The molecule has 0 unspecified atom stereocenters. The van der Waals surface area contributed by atoms with Crippen molar-refractivity contribution in [3.05, 3.63) is 35.9 Å². The summed E-state index contributed by atoms with van der Waals surface area (Å²) in [7, 11) is 0. The van der Waals surface area contributed by atoms with Crippen LogP contribution in [0.5, 0.6) is 0 Å². The summed E-state index contributed by atoms with van der Waals surface area (Å²) in [5, 5.41) is 9.02. The smallest absolute Gasteiger partial charge is 0.160 e. The number of hydrogen-bond donors (Lipinski definition) is 1. The summed E-state index contributed by atoms with van der Waals surface area (Å²) in [4.78, 5) is 0. The van der Waals surface area contributed by atoms with Crippen molar-refractivity contribution in [1.82, 2.24) is 0 Å². The quantitative estimate of drug-likeness (QED) is 0.783. The van der Waals surface area contributed by atoms with Gasteiger partial charge in [-0.05, 0) is 12.0 Å². The molecule has 0 spiro atoms. The Hall–Kier alpha value is -0.940. The van der Waals surface area contributed by atoms with Crippen LogP contribution in [0.3, 0.4) is 0 Å². The Morgan fingerprint density at radius 1 is 1.28 bits per heavy atom. The lowest BCUT2D eigenvalue weighted by molar-refractivity contribution is -0.225. The maximum absolute atomic E-state index is 9.02. The molecular formula is C14H20O4. The van der Waals surface area contributed by atoms with Crippen LogP contribution in [0, 0.1) is 0 Å². The van der Waals surface area contributed by atoms with Gasteiger partial charge in [0.1, 0.15) is 0 Å². The van der Waals surface area contributed by atoms with Crippen LogP contribution in [0.1, 0.15) is 18.4 Å². The zero-order chi connectivity index (χ0) is 12.6. The van der Waals surface area contributed by atoms with Crippen LogP contribution in [0.15, 0.2) is 30.3 Å². The van der Waals surface area contributed by atoms with Gasteiger partial charge in [0, 0.05) is 6.42 Å². The molecule has 1 aliphatic rings. The minimum atomic E-state index is -0.244. The molecule has 1 fully saturated rings. The molecule has 0 radical (unpaired) electrons. The van der Waals surface area contributed by atoms with Crippen molar-refractivity contribution in [3.63, 3.8) is 0 Å². The van der Waals surface area contributed by atoms with E-state index in [1.165, 1.54) is 0 Å². The molecule has 1 N–H and O–H groups in total. The number of benzene rings is 1. The molecule has 1 aromatic rings. The van der Waals surface area contributed by atoms with Gasteiger partial charge in [-0.3, -0.25) is 0 Å². The third-order valence-corrected chi connectivity index (χ3v) is 2.90. The first-order valence-electron chi connectivity index (χ1n) is 6.38. The fourth-order valence-electron chi connectivity index (χ4n) is 1.88. The van der Waals surface area contributed by atoms with Crippen molar-refractivity contribution in [3.8, 4) is 0 Å². The van der Waals surface area contributed by atoms with E-state index in [1.807, 2.05) is 30.3 Å². The fraction of sp³-hybridized carbons (Fsp3) is 0.571. The number of hydrogen-bond acceptors (Lipinski definition) is 4. The van der Waals surface area contributed by atoms with Crippen LogP contribution >= 0.6 is 0 Å². The standard InChI is InChI=1S/C14H20O4/c15-10-13-6-9-17-14(18-13)7-8-16-11-12-4-2-1-3-5-12/h1-5,13-15H,6-11H2/t13-,14+/m1/s1. The third kappa shape index (κ3) is 4.38. The molecule has 0 saturated carbocycles. The van der Waals surface area contributed by atoms with Crippen molar-refractivity contribution >= 4 is 0 Å². The zero-order valence-corrected chi connectivity index (χ0v) is 10.5. The first-order chi connectivity index (χ1) is 8.88. The molecule has 2 rings (SSSR count). The van der Waals surface area contributed by atoms with Gasteiger partial charge >= 0.3 is 0 Å². The predicted octanol–water partition coefficient (Wildman–Crippen LogP) is 1.72. The molecular weight excluding hydrogens is 232 g/mol. The van der Waals surface area contributed by atoms with E-state index in [9.17, 15) is 0 Å². The molecule has 4 nitrogen and oxygen atoms in total. The van der Waals surface area contributed by atoms with Crippen molar-refractivity contribution < 1.29 is 19.3 Å². The summed E-state index contributed by atoms with van der Waals surface area (Å²) >= 11 is 0. The second-order valence-corrected chi connectivity index (χ2v) is 4.36. The van der Waals surface area contributed by atoms with E-state index in [0.717, 1.165) is 12.0 Å². The summed E-state index contributed by atoms with van der Waals surface area (Å²) < 4.78 is 16.6. The summed E-state index contributed by atoms with van der Waals surface area (Å²) in [6, 6.07) is 10.1. The number of aliphatic hydroxyl groups is 1. The molecule has 18 heavy (non-hydrogen) atoms. The highest BCUT2D eigenvalue weighted by atomic mass is 16.7. The topological polar surface area (TPSA) is 47.9 Å². The zero-order valence-electron chi connectivity index (χ0n) is 10.5. The van der Waals surface area contributed by atoms with E-state index < -0.39 is 0 Å². The number of aliphatic hydroxyl groups excluding tert-OH is 1. The van der Waals surface area contributed by atoms with E-state index in [0.29, 0.717) is 26.2 Å². The maximum Gasteiger partial charge on any atom is 0.160 e. The Morgan fingerprint density at radius 2 is 2.11 bits per heavy atom. The lowest BCUT2D eigenvalue weighted by Gasteiger charge is -2.29. The third-order valence-electron chi connectivity index (χ3n) is 2.90. The second-order valence-electron chi connectivity index (χ2n) is 4.36. The van der Waals surface area contributed by atoms with Gasteiger partial charge < -0.3 is 19.3 Å². The number of ether oxygens (including phenoxy) is 3. The maximum atomic E-state index is 9.02. The summed E-state index contributed by atoms with van der Waals surface area (Å²) in [5.74, 6) is 0. The van der Waals surface area contributed by atoms with E-state index in [2.05, 4.69) is 0 Å². The molecule has 1 heterocycles. The molecule has 0 aliphatic carbocycles. The van der Waals surface area contributed by atoms with Crippen molar-refractivity contribution in [2.24, 2.45) is 0 Å². The second kappa shape index (κ2) is 7.48. The van der Waals surface area contributed by atoms with E-state index >= 15 is 0 Å². The van der Waals surface area contributed by atoms with Gasteiger partial charge in [-0.25, -0.2) is 0 Å². The monoisotopic (exact) mass is 252 g/mol. The Morgan fingerprint density at radius 3 is 2.89 bits per heavy atom. The van der Waals surface area contributed by atoms with Crippen molar-refractivity contribution in [2.45, 2.75) is 31.8 Å². The SMILES string of the molecule is OC[C@H]1CCO[C@H](CCOCc2ccccc2)O1. The summed E-state index contributed by atoms with van der Waals surface area (Å²) in [6.45, 7) is 1.91. The van der Waals surface area contributed by atoms with Crippen molar-refractivity contribution in [2.75, 3.05) is 19.8 Å². The molecule has 1 aliphatic heterocycles. The molecule has 0 aromatic heterocycles. The van der Waals surface area contributed by atoms with Gasteiger partial charge in [0.05, 0.1) is 32.5 Å². The molecule has 2 atom stereocenters. The van der Waals surface area contributed by atoms with Crippen molar-refractivity contribution in [1.29, 1.82) is 0 Å². The average Bonchev–Trinajstić information content (AvgIpc) is 2.45. The van der Waals surface area contributed by atoms with Gasteiger partial charge in [-0.15, -0.1) is 0 Å². The highest BCUT2D eigenvalue weighted by Gasteiger charge is 2.21. The van der Waals surface area contributed by atoms with Gasteiger partial charge in [-0.1, -0.05) is 30.3 Å². The highest BCUT2D eigenvalue weighted by molar-refractivity contribution is 5.13. The lowest BCUT2D eigenvalue weighted by Crippen LogP contribution is -2.35. The molecule has 1 aromatic carbocycles. The molecule has 100 valence electrons. The molecule has 4 heteroatoms. The van der Waals surface area contributed by atoms with E-state index in [1.54, 1.807) is 0 Å². The van der Waals surface area contributed by atoms with Gasteiger partial charge in [0.25, 0.3) is 0 Å².